The molecular weight excluding hydrogens is 288 g/mol. The molecule has 0 unspecified atom stereocenters. The van der Waals surface area contributed by atoms with E-state index in [1.54, 1.807) is 6.26 Å². The Morgan fingerprint density at radius 1 is 1.38 bits per heavy atom. The van der Waals surface area contributed by atoms with Gasteiger partial charge in [0.2, 0.25) is 11.9 Å². The lowest BCUT2D eigenvalue weighted by Crippen LogP contribution is -2.13. The van der Waals surface area contributed by atoms with Gasteiger partial charge in [-0.15, -0.1) is 11.3 Å². The molecule has 21 heavy (non-hydrogen) atoms. The first-order valence-electron chi connectivity index (χ1n) is 6.34. The standard InChI is InChI=1S/C14H14N4O2S/c1-8(19)15-9-7-21-13-11(9)16-14(18(2)3)17-12(13)10-5-4-6-20-10/h4-7H,1-3H3,(H,15,19). The average molecular weight is 302 g/mol. The predicted octanol–water partition coefficient (Wildman–Crippen LogP) is 2.98. The summed E-state index contributed by atoms with van der Waals surface area (Å²) in [5.41, 5.74) is 2.15. The van der Waals surface area contributed by atoms with Crippen LogP contribution in [-0.4, -0.2) is 30.0 Å². The van der Waals surface area contributed by atoms with Crippen molar-refractivity contribution < 1.29 is 9.21 Å². The van der Waals surface area contributed by atoms with Crippen molar-refractivity contribution in [3.63, 3.8) is 0 Å². The Morgan fingerprint density at radius 3 is 2.81 bits per heavy atom. The van der Waals surface area contributed by atoms with Crippen LogP contribution in [0.3, 0.4) is 0 Å². The van der Waals surface area contributed by atoms with Crippen LogP contribution in [0.5, 0.6) is 0 Å². The number of furan rings is 1. The summed E-state index contributed by atoms with van der Waals surface area (Å²) in [6.45, 7) is 1.48. The molecule has 7 heteroatoms. The van der Waals surface area contributed by atoms with Gasteiger partial charge in [-0.3, -0.25) is 4.79 Å². The number of carbonyl (C=O) groups is 1. The van der Waals surface area contributed by atoms with Crippen LogP contribution in [0, 0.1) is 0 Å². The Morgan fingerprint density at radius 2 is 2.19 bits per heavy atom. The quantitative estimate of drug-likeness (QED) is 0.805. The molecule has 0 spiro atoms. The zero-order valence-corrected chi connectivity index (χ0v) is 12.7. The molecule has 0 atom stereocenters. The van der Waals surface area contributed by atoms with Gasteiger partial charge >= 0.3 is 0 Å². The highest BCUT2D eigenvalue weighted by Gasteiger charge is 2.17. The van der Waals surface area contributed by atoms with E-state index in [2.05, 4.69) is 15.3 Å². The maximum Gasteiger partial charge on any atom is 0.226 e. The van der Waals surface area contributed by atoms with Crippen molar-refractivity contribution in [2.24, 2.45) is 0 Å². The second kappa shape index (κ2) is 5.17. The van der Waals surface area contributed by atoms with Gasteiger partial charge in [0.05, 0.1) is 16.7 Å². The van der Waals surface area contributed by atoms with Crippen LogP contribution in [0.1, 0.15) is 6.92 Å². The Labute approximate surface area is 125 Å². The monoisotopic (exact) mass is 302 g/mol. The first kappa shape index (κ1) is 13.6. The Hall–Kier alpha value is -2.41. The molecule has 0 aliphatic carbocycles. The summed E-state index contributed by atoms with van der Waals surface area (Å²) in [6.07, 6.45) is 1.61. The number of rotatable bonds is 3. The third kappa shape index (κ3) is 2.47. The molecule has 0 aromatic carbocycles. The third-order valence-electron chi connectivity index (χ3n) is 2.87. The Balaban J connectivity index is 2.26. The highest BCUT2D eigenvalue weighted by Crippen LogP contribution is 2.36. The number of nitrogens with one attached hydrogen (secondary N) is 1. The average Bonchev–Trinajstić information content (AvgIpc) is 3.07. The molecule has 3 aromatic rings. The number of thiophene rings is 1. The van der Waals surface area contributed by atoms with Crippen molar-refractivity contribution in [1.82, 2.24) is 9.97 Å². The molecule has 0 bridgehead atoms. The maximum atomic E-state index is 11.3. The van der Waals surface area contributed by atoms with Crippen molar-refractivity contribution in [2.45, 2.75) is 6.92 Å². The van der Waals surface area contributed by atoms with Gasteiger partial charge in [0.15, 0.2) is 5.76 Å². The molecule has 0 fully saturated rings. The summed E-state index contributed by atoms with van der Waals surface area (Å²) in [5.74, 6) is 1.12. The highest BCUT2D eigenvalue weighted by atomic mass is 32.1. The van der Waals surface area contributed by atoms with Crippen LogP contribution in [0.25, 0.3) is 21.7 Å². The van der Waals surface area contributed by atoms with Crippen molar-refractivity contribution in [3.8, 4) is 11.5 Å². The molecule has 3 rings (SSSR count). The second-order valence-electron chi connectivity index (χ2n) is 4.75. The van der Waals surface area contributed by atoms with Gasteiger partial charge in [0, 0.05) is 26.4 Å². The van der Waals surface area contributed by atoms with E-state index in [-0.39, 0.29) is 5.91 Å². The zero-order chi connectivity index (χ0) is 15.0. The van der Waals surface area contributed by atoms with Crippen LogP contribution in [0.2, 0.25) is 0 Å². The molecule has 1 N–H and O–H groups in total. The molecule has 0 saturated carbocycles. The highest BCUT2D eigenvalue weighted by molar-refractivity contribution is 7.18. The van der Waals surface area contributed by atoms with Gasteiger partial charge in [-0.2, -0.15) is 0 Å². The van der Waals surface area contributed by atoms with E-state index in [4.69, 9.17) is 4.42 Å². The van der Waals surface area contributed by atoms with E-state index < -0.39 is 0 Å². The minimum Gasteiger partial charge on any atom is -0.463 e. The summed E-state index contributed by atoms with van der Waals surface area (Å²) in [6, 6.07) is 3.68. The summed E-state index contributed by atoms with van der Waals surface area (Å²) in [5, 5.41) is 4.67. The van der Waals surface area contributed by atoms with Gasteiger partial charge in [0.1, 0.15) is 11.2 Å². The normalized spacial score (nSPS) is 10.8. The minimum atomic E-state index is -0.126. The van der Waals surface area contributed by atoms with Crippen LogP contribution >= 0.6 is 11.3 Å². The zero-order valence-electron chi connectivity index (χ0n) is 11.9. The first-order valence-corrected chi connectivity index (χ1v) is 7.22. The van der Waals surface area contributed by atoms with E-state index in [1.165, 1.54) is 18.3 Å². The molecule has 3 aromatic heterocycles. The van der Waals surface area contributed by atoms with E-state index in [0.29, 0.717) is 17.4 Å². The van der Waals surface area contributed by atoms with E-state index in [0.717, 1.165) is 15.9 Å². The molecular formula is C14H14N4O2S. The molecule has 3 heterocycles. The van der Waals surface area contributed by atoms with Crippen molar-refractivity contribution in [1.29, 1.82) is 0 Å². The molecule has 0 aliphatic rings. The molecule has 1 amide bonds. The van der Waals surface area contributed by atoms with Gasteiger partial charge in [-0.25, -0.2) is 9.97 Å². The predicted molar refractivity (Wildman–Crippen MR) is 83.7 cm³/mol. The number of amides is 1. The van der Waals surface area contributed by atoms with Crippen LogP contribution in [-0.2, 0) is 4.79 Å². The van der Waals surface area contributed by atoms with Crippen LogP contribution in [0.4, 0.5) is 11.6 Å². The van der Waals surface area contributed by atoms with Gasteiger partial charge < -0.3 is 14.6 Å². The smallest absolute Gasteiger partial charge is 0.226 e. The minimum absolute atomic E-state index is 0.126. The van der Waals surface area contributed by atoms with Crippen molar-refractivity contribution in [2.75, 3.05) is 24.3 Å². The summed E-state index contributed by atoms with van der Waals surface area (Å²) < 4.78 is 6.35. The molecule has 6 nitrogen and oxygen atoms in total. The largest absolute Gasteiger partial charge is 0.463 e. The number of anilines is 2. The third-order valence-corrected chi connectivity index (χ3v) is 3.84. The van der Waals surface area contributed by atoms with Crippen LogP contribution < -0.4 is 10.2 Å². The lowest BCUT2D eigenvalue weighted by molar-refractivity contribution is -0.114. The second-order valence-corrected chi connectivity index (χ2v) is 5.63. The molecule has 0 aliphatic heterocycles. The van der Waals surface area contributed by atoms with E-state index in [1.807, 2.05) is 36.5 Å². The number of aromatic nitrogens is 2. The van der Waals surface area contributed by atoms with E-state index >= 15 is 0 Å². The van der Waals surface area contributed by atoms with Crippen molar-refractivity contribution >= 4 is 39.1 Å². The number of nitrogens with zero attached hydrogens (tertiary/aromatic N) is 3. The lowest BCUT2D eigenvalue weighted by atomic mass is 10.2. The summed E-state index contributed by atoms with van der Waals surface area (Å²) >= 11 is 1.48. The summed E-state index contributed by atoms with van der Waals surface area (Å²) in [7, 11) is 3.75. The number of fused-ring (bicyclic) bond motifs is 1. The molecule has 0 radical (unpaired) electrons. The van der Waals surface area contributed by atoms with Gasteiger partial charge in [0.25, 0.3) is 0 Å². The number of hydrogen-bond acceptors (Lipinski definition) is 6. The molecule has 0 saturated heterocycles. The Kier molecular flexibility index (Phi) is 3.34. The number of carbonyl (C=O) groups excluding carboxylic acids is 1. The SMILES string of the molecule is CC(=O)Nc1csc2c(-c3ccco3)nc(N(C)C)nc12. The topological polar surface area (TPSA) is 71.3 Å². The Bertz CT molecular complexity index is 793. The van der Waals surface area contributed by atoms with Gasteiger partial charge in [-0.05, 0) is 12.1 Å². The first-order chi connectivity index (χ1) is 10.1. The molecule has 108 valence electrons. The van der Waals surface area contributed by atoms with E-state index in [9.17, 15) is 4.79 Å². The lowest BCUT2D eigenvalue weighted by Gasteiger charge is -2.12. The fourth-order valence-corrected chi connectivity index (χ4v) is 2.90. The van der Waals surface area contributed by atoms with Crippen molar-refractivity contribution in [3.05, 3.63) is 23.8 Å². The summed E-state index contributed by atoms with van der Waals surface area (Å²) in [4.78, 5) is 22.2. The fraction of sp³-hybridized carbons (Fsp3) is 0.214. The van der Waals surface area contributed by atoms with Crippen LogP contribution in [0.15, 0.2) is 28.2 Å². The fourth-order valence-electron chi connectivity index (χ4n) is 1.97. The maximum absolute atomic E-state index is 11.3. The number of hydrogen-bond donors (Lipinski definition) is 1. The van der Waals surface area contributed by atoms with Gasteiger partial charge in [-0.1, -0.05) is 0 Å².